The summed E-state index contributed by atoms with van der Waals surface area (Å²) in [7, 11) is 0. The second kappa shape index (κ2) is 7.60. The molecule has 2 N–H and O–H groups in total. The zero-order valence-electron chi connectivity index (χ0n) is 12.3. The number of hydrogen-bond acceptors (Lipinski definition) is 7. The van der Waals surface area contributed by atoms with Crippen LogP contribution in [0.1, 0.15) is 25.0 Å². The molecule has 2 aromatic heterocycles. The molecule has 2 heterocycles. The van der Waals surface area contributed by atoms with Crippen LogP contribution in [-0.4, -0.2) is 27.8 Å². The quantitative estimate of drug-likeness (QED) is 0.586. The predicted octanol–water partition coefficient (Wildman–Crippen LogP) is 2.28. The molecule has 1 aliphatic rings. The van der Waals surface area contributed by atoms with Crippen LogP contribution in [0.5, 0.6) is 0 Å². The Bertz CT molecular complexity index is 667. The number of nitrogens with zero attached hydrogens (tertiary/aromatic N) is 2. The van der Waals surface area contributed by atoms with Crippen LogP contribution < -0.4 is 10.6 Å². The average molecular weight is 352 g/mol. The van der Waals surface area contributed by atoms with Crippen molar-refractivity contribution < 1.29 is 14.0 Å². The molecule has 0 radical (unpaired) electrons. The van der Waals surface area contributed by atoms with E-state index in [4.69, 9.17) is 4.42 Å². The number of furan rings is 1. The van der Waals surface area contributed by atoms with Gasteiger partial charge in [-0.15, -0.1) is 10.2 Å². The third kappa shape index (κ3) is 4.55. The van der Waals surface area contributed by atoms with Gasteiger partial charge in [-0.25, -0.2) is 0 Å². The summed E-state index contributed by atoms with van der Waals surface area (Å²) in [5.41, 5.74) is 0. The first-order chi connectivity index (χ1) is 11.2. The van der Waals surface area contributed by atoms with Gasteiger partial charge in [0.2, 0.25) is 16.9 Å². The number of rotatable bonds is 7. The summed E-state index contributed by atoms with van der Waals surface area (Å²) in [5, 5.41) is 13.9. The molecular weight excluding hydrogens is 336 g/mol. The summed E-state index contributed by atoms with van der Waals surface area (Å²) in [6, 6.07) is 3.58. The summed E-state index contributed by atoms with van der Waals surface area (Å²) in [5.74, 6) is 0.968. The number of aromatic nitrogens is 2. The average Bonchev–Trinajstić information content (AvgIpc) is 3.12. The van der Waals surface area contributed by atoms with Crippen molar-refractivity contribution in [1.82, 2.24) is 15.5 Å². The first kappa shape index (κ1) is 16.0. The number of carbonyl (C=O) groups is 2. The third-order valence-electron chi connectivity index (χ3n) is 3.48. The van der Waals surface area contributed by atoms with Crippen LogP contribution >= 0.6 is 23.1 Å². The van der Waals surface area contributed by atoms with E-state index in [1.54, 1.807) is 18.4 Å². The van der Waals surface area contributed by atoms with Crippen LogP contribution in [-0.2, 0) is 16.1 Å². The maximum atomic E-state index is 11.8. The van der Waals surface area contributed by atoms with Crippen molar-refractivity contribution in [2.45, 2.75) is 30.1 Å². The topological polar surface area (TPSA) is 97.1 Å². The minimum Gasteiger partial charge on any atom is -0.467 e. The second-order valence-electron chi connectivity index (χ2n) is 5.13. The maximum Gasteiger partial charge on any atom is 0.230 e. The van der Waals surface area contributed by atoms with Crippen LogP contribution in [0.3, 0.4) is 0 Å². The first-order valence-electron chi connectivity index (χ1n) is 7.27. The van der Waals surface area contributed by atoms with Crippen LogP contribution in [0.4, 0.5) is 5.13 Å². The van der Waals surface area contributed by atoms with Gasteiger partial charge in [0, 0.05) is 5.92 Å². The van der Waals surface area contributed by atoms with E-state index in [1.165, 1.54) is 23.1 Å². The van der Waals surface area contributed by atoms with Crippen LogP contribution in [0, 0.1) is 5.92 Å². The van der Waals surface area contributed by atoms with Crippen molar-refractivity contribution >= 4 is 40.0 Å². The molecule has 1 saturated carbocycles. The zero-order chi connectivity index (χ0) is 16.1. The minimum atomic E-state index is -0.110. The highest BCUT2D eigenvalue weighted by Crippen LogP contribution is 2.29. The Labute approximate surface area is 141 Å². The molecule has 0 aliphatic heterocycles. The lowest BCUT2D eigenvalue weighted by Gasteiger charge is -2.23. The summed E-state index contributed by atoms with van der Waals surface area (Å²) in [6.45, 7) is 0.366. The lowest BCUT2D eigenvalue weighted by Crippen LogP contribution is -2.27. The minimum absolute atomic E-state index is 0.0140. The van der Waals surface area contributed by atoms with Gasteiger partial charge < -0.3 is 15.1 Å². The predicted molar refractivity (Wildman–Crippen MR) is 87.2 cm³/mol. The van der Waals surface area contributed by atoms with Crippen molar-refractivity contribution in [2.75, 3.05) is 11.1 Å². The lowest BCUT2D eigenvalue weighted by atomic mass is 9.85. The van der Waals surface area contributed by atoms with Crippen molar-refractivity contribution in [1.29, 1.82) is 0 Å². The molecule has 7 nitrogen and oxygen atoms in total. The molecule has 2 amide bonds. The van der Waals surface area contributed by atoms with Crippen LogP contribution in [0.25, 0.3) is 0 Å². The molecule has 23 heavy (non-hydrogen) atoms. The molecule has 2 aromatic rings. The summed E-state index contributed by atoms with van der Waals surface area (Å²) >= 11 is 2.57. The lowest BCUT2D eigenvalue weighted by molar-refractivity contribution is -0.122. The van der Waals surface area contributed by atoms with Crippen LogP contribution in [0.2, 0.25) is 0 Å². The Morgan fingerprint density at radius 1 is 1.39 bits per heavy atom. The number of hydrogen-bond donors (Lipinski definition) is 2. The Morgan fingerprint density at radius 2 is 2.26 bits per heavy atom. The molecule has 3 rings (SSSR count). The van der Waals surface area contributed by atoms with Crippen molar-refractivity contribution in [2.24, 2.45) is 5.92 Å². The second-order valence-corrected chi connectivity index (χ2v) is 7.33. The number of thioether (sulfide) groups is 1. The number of nitrogens with one attached hydrogen (secondary N) is 2. The molecule has 1 fully saturated rings. The maximum absolute atomic E-state index is 11.8. The number of anilines is 1. The largest absolute Gasteiger partial charge is 0.467 e. The summed E-state index contributed by atoms with van der Waals surface area (Å²) < 4.78 is 5.79. The molecule has 0 atom stereocenters. The van der Waals surface area contributed by atoms with E-state index < -0.39 is 0 Å². The Balaban J connectivity index is 1.39. The molecule has 1 aliphatic carbocycles. The van der Waals surface area contributed by atoms with Gasteiger partial charge >= 0.3 is 0 Å². The van der Waals surface area contributed by atoms with Crippen molar-refractivity contribution in [3.63, 3.8) is 0 Å². The number of carbonyl (C=O) groups excluding carboxylic acids is 2. The molecule has 0 saturated heterocycles. The van der Waals surface area contributed by atoms with Crippen molar-refractivity contribution in [3.05, 3.63) is 24.2 Å². The Morgan fingerprint density at radius 3 is 2.96 bits per heavy atom. The van der Waals surface area contributed by atoms with E-state index in [1.807, 2.05) is 0 Å². The normalized spacial score (nSPS) is 14.3. The Hall–Kier alpha value is -1.87. The standard InChI is InChI=1S/C14H16N4O3S2/c19-11(15-7-10-5-2-6-21-10)8-22-14-18-17-13(23-14)16-12(20)9-3-1-4-9/h2,5-6,9H,1,3-4,7-8H2,(H,15,19)(H,16,17,20). The first-order valence-corrected chi connectivity index (χ1v) is 9.07. The monoisotopic (exact) mass is 352 g/mol. The highest BCUT2D eigenvalue weighted by Gasteiger charge is 2.26. The van der Waals surface area contributed by atoms with E-state index in [9.17, 15) is 9.59 Å². The highest BCUT2D eigenvalue weighted by atomic mass is 32.2. The van der Waals surface area contributed by atoms with Gasteiger partial charge in [-0.05, 0) is 25.0 Å². The summed E-state index contributed by atoms with van der Waals surface area (Å²) in [4.78, 5) is 23.6. The van der Waals surface area contributed by atoms with Gasteiger partial charge in [0.25, 0.3) is 0 Å². The van der Waals surface area contributed by atoms with Crippen LogP contribution in [0.15, 0.2) is 27.2 Å². The van der Waals surface area contributed by atoms with E-state index in [-0.39, 0.29) is 23.5 Å². The fourth-order valence-corrected chi connectivity index (χ4v) is 3.56. The summed E-state index contributed by atoms with van der Waals surface area (Å²) in [6.07, 6.45) is 4.57. The third-order valence-corrected chi connectivity index (χ3v) is 5.45. The Kier molecular flexibility index (Phi) is 5.29. The molecule has 0 spiro atoms. The van der Waals surface area contributed by atoms with Crippen molar-refractivity contribution in [3.8, 4) is 0 Å². The molecule has 0 bridgehead atoms. The SMILES string of the molecule is O=C(CSc1nnc(NC(=O)C2CCC2)s1)NCc1ccco1. The van der Waals surface area contributed by atoms with E-state index in [2.05, 4.69) is 20.8 Å². The fraction of sp³-hybridized carbons (Fsp3) is 0.429. The smallest absolute Gasteiger partial charge is 0.230 e. The van der Waals surface area contributed by atoms with Gasteiger partial charge in [0.05, 0.1) is 18.6 Å². The van der Waals surface area contributed by atoms with E-state index in [0.717, 1.165) is 19.3 Å². The van der Waals surface area contributed by atoms with E-state index >= 15 is 0 Å². The van der Waals surface area contributed by atoms with Gasteiger partial charge in [0.1, 0.15) is 5.76 Å². The van der Waals surface area contributed by atoms with E-state index in [0.29, 0.717) is 21.8 Å². The number of amides is 2. The van der Waals surface area contributed by atoms with Gasteiger partial charge in [-0.3, -0.25) is 9.59 Å². The molecule has 0 unspecified atom stereocenters. The van der Waals surface area contributed by atoms with Gasteiger partial charge in [-0.1, -0.05) is 29.5 Å². The molecular formula is C14H16N4O3S2. The highest BCUT2D eigenvalue weighted by molar-refractivity contribution is 8.01. The zero-order valence-corrected chi connectivity index (χ0v) is 13.9. The molecule has 122 valence electrons. The van der Waals surface area contributed by atoms with Gasteiger partial charge in [0.15, 0.2) is 4.34 Å². The fourth-order valence-electron chi connectivity index (χ4n) is 1.97. The molecule has 0 aromatic carbocycles. The molecule has 9 heteroatoms. The van der Waals surface area contributed by atoms with Gasteiger partial charge in [-0.2, -0.15) is 0 Å².